The Morgan fingerprint density at radius 1 is 1.67 bits per heavy atom. The molecule has 0 saturated carbocycles. The Morgan fingerprint density at radius 3 is 3.17 bits per heavy atom. The van der Waals surface area contributed by atoms with Gasteiger partial charge in [0.25, 0.3) is 0 Å². The highest BCUT2D eigenvalue weighted by molar-refractivity contribution is 7.14. The van der Waals surface area contributed by atoms with Crippen molar-refractivity contribution in [1.29, 1.82) is 0 Å². The van der Waals surface area contributed by atoms with Gasteiger partial charge >= 0.3 is 5.97 Å². The molecule has 1 aliphatic rings. The molecule has 2 heterocycles. The molecule has 1 aromatic rings. The molecule has 4 heteroatoms. The largest absolute Gasteiger partial charge is 0.477 e. The lowest BCUT2D eigenvalue weighted by Gasteiger charge is -2.04. The first kappa shape index (κ1) is 7.36. The van der Waals surface area contributed by atoms with E-state index in [1.54, 1.807) is 6.07 Å². The van der Waals surface area contributed by atoms with Gasteiger partial charge in [0.2, 0.25) is 0 Å². The minimum atomic E-state index is -0.845. The van der Waals surface area contributed by atoms with Gasteiger partial charge in [-0.05, 0) is 23.9 Å². The van der Waals surface area contributed by atoms with Crippen LogP contribution in [-0.4, -0.2) is 11.1 Å². The molecule has 0 fully saturated rings. The second-order valence-electron chi connectivity index (χ2n) is 2.51. The van der Waals surface area contributed by atoms with E-state index >= 15 is 0 Å². The van der Waals surface area contributed by atoms with Crippen LogP contribution in [0.4, 0.5) is 0 Å². The van der Waals surface area contributed by atoms with Gasteiger partial charge < -0.3 is 10.4 Å². The lowest BCUT2D eigenvalue weighted by Crippen LogP contribution is -2.06. The number of carboxylic acids is 1. The van der Waals surface area contributed by atoms with Crippen molar-refractivity contribution < 1.29 is 9.90 Å². The molecule has 0 atom stereocenters. The smallest absolute Gasteiger partial charge is 0.345 e. The van der Waals surface area contributed by atoms with Crippen LogP contribution in [0.15, 0.2) is 12.3 Å². The minimum absolute atomic E-state index is 0.411. The van der Waals surface area contributed by atoms with Gasteiger partial charge in [0.05, 0.1) is 0 Å². The van der Waals surface area contributed by atoms with Crippen molar-refractivity contribution in [2.75, 3.05) is 0 Å². The highest BCUT2D eigenvalue weighted by Gasteiger charge is 2.12. The maximum Gasteiger partial charge on any atom is 0.345 e. The molecular weight excluding hydrogens is 174 g/mol. The monoisotopic (exact) mass is 181 g/mol. The van der Waals surface area contributed by atoms with Gasteiger partial charge in [-0.1, -0.05) is 0 Å². The minimum Gasteiger partial charge on any atom is -0.477 e. The van der Waals surface area contributed by atoms with Crippen molar-refractivity contribution in [2.24, 2.45) is 0 Å². The summed E-state index contributed by atoms with van der Waals surface area (Å²) in [6, 6.07) is 1.71. The summed E-state index contributed by atoms with van der Waals surface area (Å²) in [5, 5.41) is 11.7. The van der Waals surface area contributed by atoms with Crippen LogP contribution in [0.5, 0.6) is 0 Å². The van der Waals surface area contributed by atoms with Gasteiger partial charge in [-0.2, -0.15) is 0 Å². The molecule has 2 N–H and O–H groups in total. The highest BCUT2D eigenvalue weighted by Crippen LogP contribution is 2.25. The van der Waals surface area contributed by atoms with E-state index < -0.39 is 5.97 Å². The third-order valence-corrected chi connectivity index (χ3v) is 2.83. The topological polar surface area (TPSA) is 49.3 Å². The third kappa shape index (κ3) is 1.10. The summed E-state index contributed by atoms with van der Waals surface area (Å²) in [5.74, 6) is -0.845. The predicted molar refractivity (Wildman–Crippen MR) is 47.2 cm³/mol. The van der Waals surface area contributed by atoms with Gasteiger partial charge in [-0.25, -0.2) is 4.79 Å². The maximum absolute atomic E-state index is 10.6. The van der Waals surface area contributed by atoms with Crippen LogP contribution in [0.25, 0.3) is 6.08 Å². The van der Waals surface area contributed by atoms with E-state index in [1.165, 1.54) is 11.3 Å². The van der Waals surface area contributed by atoms with E-state index in [9.17, 15) is 4.79 Å². The van der Waals surface area contributed by atoms with Crippen molar-refractivity contribution in [3.8, 4) is 0 Å². The lowest BCUT2D eigenvalue weighted by molar-refractivity contribution is 0.0702. The van der Waals surface area contributed by atoms with Crippen molar-refractivity contribution >= 4 is 23.4 Å². The van der Waals surface area contributed by atoms with Gasteiger partial charge in [0, 0.05) is 11.4 Å². The zero-order valence-electron chi connectivity index (χ0n) is 6.20. The third-order valence-electron chi connectivity index (χ3n) is 1.70. The molecule has 1 aliphatic heterocycles. The van der Waals surface area contributed by atoms with Crippen molar-refractivity contribution in [3.63, 3.8) is 0 Å². The standard InChI is InChI=1S/C8H7NO2S/c10-8(11)6-3-5-1-2-9-4-7(5)12-6/h1-3,9H,4H2,(H,10,11). The molecule has 0 spiro atoms. The molecule has 1 aromatic heterocycles. The van der Waals surface area contributed by atoms with E-state index in [2.05, 4.69) is 5.32 Å². The summed E-state index contributed by atoms with van der Waals surface area (Å²) >= 11 is 1.33. The van der Waals surface area contributed by atoms with Gasteiger partial charge in [-0.15, -0.1) is 11.3 Å². The Morgan fingerprint density at radius 2 is 2.50 bits per heavy atom. The second kappa shape index (κ2) is 2.64. The summed E-state index contributed by atoms with van der Waals surface area (Å²) in [7, 11) is 0. The number of rotatable bonds is 1. The number of thiophene rings is 1. The zero-order valence-corrected chi connectivity index (χ0v) is 7.02. The van der Waals surface area contributed by atoms with Crippen LogP contribution in [0.1, 0.15) is 20.1 Å². The molecule has 0 bridgehead atoms. The number of hydrogen-bond acceptors (Lipinski definition) is 3. The molecular formula is C8H7NO2S. The lowest BCUT2D eigenvalue weighted by atomic mass is 10.2. The number of hydrogen-bond donors (Lipinski definition) is 2. The van der Waals surface area contributed by atoms with Crippen molar-refractivity contribution in [1.82, 2.24) is 5.32 Å². The van der Waals surface area contributed by atoms with Crippen LogP contribution in [0.3, 0.4) is 0 Å². The molecule has 12 heavy (non-hydrogen) atoms. The van der Waals surface area contributed by atoms with E-state index in [1.807, 2.05) is 12.3 Å². The molecule has 3 nitrogen and oxygen atoms in total. The average Bonchev–Trinajstić information content (AvgIpc) is 2.46. The number of carbonyl (C=O) groups is 1. The van der Waals surface area contributed by atoms with Crippen LogP contribution in [-0.2, 0) is 6.54 Å². The predicted octanol–water partition coefficient (Wildman–Crippen LogP) is 1.52. The van der Waals surface area contributed by atoms with Crippen molar-refractivity contribution in [2.45, 2.75) is 6.54 Å². The van der Waals surface area contributed by atoms with E-state index in [4.69, 9.17) is 5.11 Å². The summed E-state index contributed by atoms with van der Waals surface area (Å²) in [6.45, 7) is 0.740. The summed E-state index contributed by atoms with van der Waals surface area (Å²) < 4.78 is 0. The molecule has 2 rings (SSSR count). The van der Waals surface area contributed by atoms with Gasteiger partial charge in [0.15, 0.2) is 0 Å². The zero-order chi connectivity index (χ0) is 8.55. The highest BCUT2D eigenvalue weighted by atomic mass is 32.1. The first-order valence-corrected chi connectivity index (χ1v) is 4.35. The van der Waals surface area contributed by atoms with Gasteiger partial charge in [-0.3, -0.25) is 0 Å². The Labute approximate surface area is 73.3 Å². The molecule has 0 amide bonds. The van der Waals surface area contributed by atoms with E-state index in [0.717, 1.165) is 17.0 Å². The van der Waals surface area contributed by atoms with Crippen LogP contribution in [0, 0.1) is 0 Å². The fourth-order valence-corrected chi connectivity index (χ4v) is 2.07. The van der Waals surface area contributed by atoms with E-state index in [0.29, 0.717) is 4.88 Å². The quantitative estimate of drug-likeness (QED) is 0.690. The molecule has 0 unspecified atom stereocenters. The Bertz CT molecular complexity index is 354. The molecule has 0 aromatic carbocycles. The molecule has 0 radical (unpaired) electrons. The Balaban J connectivity index is 2.46. The summed E-state index contributed by atoms with van der Waals surface area (Å²) in [4.78, 5) is 12.1. The maximum atomic E-state index is 10.6. The molecule has 0 saturated heterocycles. The SMILES string of the molecule is O=C(O)c1cc2c(s1)CNC=C2. The van der Waals surface area contributed by atoms with Crippen LogP contribution < -0.4 is 5.32 Å². The summed E-state index contributed by atoms with van der Waals surface area (Å²) in [5.41, 5.74) is 1.02. The number of aromatic carboxylic acids is 1. The fraction of sp³-hybridized carbons (Fsp3) is 0.125. The van der Waals surface area contributed by atoms with Gasteiger partial charge in [0.1, 0.15) is 4.88 Å². The number of carboxylic acid groups (broad SMARTS) is 1. The van der Waals surface area contributed by atoms with Crippen molar-refractivity contribution in [3.05, 3.63) is 27.6 Å². The second-order valence-corrected chi connectivity index (χ2v) is 3.65. The normalized spacial score (nSPS) is 13.7. The Hall–Kier alpha value is -1.29. The number of fused-ring (bicyclic) bond motifs is 1. The van der Waals surface area contributed by atoms with Crippen LogP contribution >= 0.6 is 11.3 Å². The fourth-order valence-electron chi connectivity index (χ4n) is 1.13. The average molecular weight is 181 g/mol. The summed E-state index contributed by atoms with van der Waals surface area (Å²) in [6.07, 6.45) is 3.72. The van der Waals surface area contributed by atoms with E-state index in [-0.39, 0.29) is 0 Å². The number of nitrogens with one attached hydrogen (secondary N) is 1. The first-order valence-electron chi connectivity index (χ1n) is 3.53. The molecule has 0 aliphatic carbocycles. The van der Waals surface area contributed by atoms with Crippen LogP contribution in [0.2, 0.25) is 0 Å². The molecule has 62 valence electrons. The Kier molecular flexibility index (Phi) is 1.62. The first-order chi connectivity index (χ1) is 5.77.